The molecule has 0 saturated carbocycles. The minimum absolute atomic E-state index is 0.510. The Kier molecular flexibility index (Phi) is 4.42. The molecule has 0 aliphatic carbocycles. The molecule has 0 amide bonds. The standard InChI is InChI=1S/C13H17BrN4O/c1-3-4-11-13(15)16-17-18(11)8-9-7-10(14)5-6-12(9)19-2/h5-7H,3-4,8,15H2,1-2H3. The van der Waals surface area contributed by atoms with Crippen LogP contribution in [0.2, 0.25) is 0 Å². The molecule has 5 nitrogen and oxygen atoms in total. The summed E-state index contributed by atoms with van der Waals surface area (Å²) in [6, 6.07) is 5.90. The predicted molar refractivity (Wildman–Crippen MR) is 78.2 cm³/mol. The van der Waals surface area contributed by atoms with E-state index in [0.717, 1.165) is 34.3 Å². The molecule has 0 spiro atoms. The number of anilines is 1. The molecule has 0 atom stereocenters. The van der Waals surface area contributed by atoms with Crippen molar-refractivity contribution >= 4 is 21.7 Å². The fourth-order valence-corrected chi connectivity index (χ4v) is 2.41. The number of methoxy groups -OCH3 is 1. The van der Waals surface area contributed by atoms with E-state index in [4.69, 9.17) is 10.5 Å². The lowest BCUT2D eigenvalue weighted by Gasteiger charge is -2.10. The van der Waals surface area contributed by atoms with E-state index in [1.54, 1.807) is 7.11 Å². The summed E-state index contributed by atoms with van der Waals surface area (Å²) in [5, 5.41) is 8.05. The van der Waals surface area contributed by atoms with Crippen LogP contribution in [0.3, 0.4) is 0 Å². The van der Waals surface area contributed by atoms with E-state index in [1.807, 2.05) is 22.9 Å². The zero-order valence-electron chi connectivity index (χ0n) is 11.1. The van der Waals surface area contributed by atoms with Crippen LogP contribution in [0.25, 0.3) is 0 Å². The average molecular weight is 325 g/mol. The number of nitrogen functional groups attached to an aromatic ring is 1. The maximum absolute atomic E-state index is 5.85. The highest BCUT2D eigenvalue weighted by molar-refractivity contribution is 9.10. The van der Waals surface area contributed by atoms with E-state index < -0.39 is 0 Å². The second-order valence-corrected chi connectivity index (χ2v) is 5.20. The van der Waals surface area contributed by atoms with Crippen molar-refractivity contribution in [3.8, 4) is 5.75 Å². The molecule has 0 radical (unpaired) electrons. The van der Waals surface area contributed by atoms with Gasteiger partial charge in [-0.1, -0.05) is 34.5 Å². The van der Waals surface area contributed by atoms with E-state index >= 15 is 0 Å². The molecule has 0 aliphatic heterocycles. The van der Waals surface area contributed by atoms with Crippen molar-refractivity contribution in [3.05, 3.63) is 33.9 Å². The number of halogens is 1. The minimum Gasteiger partial charge on any atom is -0.496 e. The van der Waals surface area contributed by atoms with Crippen LogP contribution in [0.4, 0.5) is 5.82 Å². The molecule has 19 heavy (non-hydrogen) atoms. The van der Waals surface area contributed by atoms with Crippen molar-refractivity contribution in [1.29, 1.82) is 0 Å². The number of hydrogen-bond acceptors (Lipinski definition) is 4. The van der Waals surface area contributed by atoms with Crippen molar-refractivity contribution in [2.45, 2.75) is 26.3 Å². The normalized spacial score (nSPS) is 10.7. The summed E-state index contributed by atoms with van der Waals surface area (Å²) < 4.78 is 8.21. The lowest BCUT2D eigenvalue weighted by Crippen LogP contribution is -2.08. The van der Waals surface area contributed by atoms with Crippen molar-refractivity contribution in [2.24, 2.45) is 0 Å². The molecule has 0 bridgehead atoms. The van der Waals surface area contributed by atoms with Gasteiger partial charge in [-0.3, -0.25) is 0 Å². The third-order valence-corrected chi connectivity index (χ3v) is 3.41. The van der Waals surface area contributed by atoms with Crippen molar-refractivity contribution in [1.82, 2.24) is 15.0 Å². The lowest BCUT2D eigenvalue weighted by molar-refractivity contribution is 0.406. The Hall–Kier alpha value is -1.56. The van der Waals surface area contributed by atoms with Gasteiger partial charge < -0.3 is 10.5 Å². The maximum atomic E-state index is 5.85. The third kappa shape index (κ3) is 3.07. The zero-order chi connectivity index (χ0) is 13.8. The second kappa shape index (κ2) is 6.06. The van der Waals surface area contributed by atoms with Gasteiger partial charge in [0.2, 0.25) is 0 Å². The van der Waals surface area contributed by atoms with Crippen molar-refractivity contribution in [2.75, 3.05) is 12.8 Å². The SMILES string of the molecule is CCCc1c(N)nnn1Cc1cc(Br)ccc1OC. The Morgan fingerprint density at radius 2 is 2.21 bits per heavy atom. The summed E-state index contributed by atoms with van der Waals surface area (Å²) in [4.78, 5) is 0. The van der Waals surface area contributed by atoms with Gasteiger partial charge in [-0.2, -0.15) is 0 Å². The maximum Gasteiger partial charge on any atom is 0.169 e. The van der Waals surface area contributed by atoms with Gasteiger partial charge >= 0.3 is 0 Å². The third-order valence-electron chi connectivity index (χ3n) is 2.92. The zero-order valence-corrected chi connectivity index (χ0v) is 12.6. The smallest absolute Gasteiger partial charge is 0.169 e. The lowest BCUT2D eigenvalue weighted by atomic mass is 10.2. The number of benzene rings is 1. The predicted octanol–water partition coefficient (Wildman–Crippen LogP) is 2.63. The molecular weight excluding hydrogens is 308 g/mol. The molecule has 0 saturated heterocycles. The van der Waals surface area contributed by atoms with Gasteiger partial charge in [0, 0.05) is 10.0 Å². The molecule has 0 aliphatic rings. The van der Waals surface area contributed by atoms with Gasteiger partial charge in [0.25, 0.3) is 0 Å². The summed E-state index contributed by atoms with van der Waals surface area (Å²) in [6.45, 7) is 2.71. The molecule has 2 rings (SSSR count). The van der Waals surface area contributed by atoms with Crippen LogP contribution in [0.1, 0.15) is 24.6 Å². The minimum atomic E-state index is 0.510. The summed E-state index contributed by atoms with van der Waals surface area (Å²) in [5.74, 6) is 1.34. The number of aromatic nitrogens is 3. The van der Waals surface area contributed by atoms with E-state index in [9.17, 15) is 0 Å². The van der Waals surface area contributed by atoms with Crippen molar-refractivity contribution in [3.63, 3.8) is 0 Å². The largest absolute Gasteiger partial charge is 0.496 e. The van der Waals surface area contributed by atoms with Crippen molar-refractivity contribution < 1.29 is 4.74 Å². The number of nitrogens with zero attached hydrogens (tertiary/aromatic N) is 3. The molecule has 1 aromatic heterocycles. The average Bonchev–Trinajstić information content (AvgIpc) is 2.72. The summed E-state index contributed by atoms with van der Waals surface area (Å²) >= 11 is 3.47. The van der Waals surface area contributed by atoms with Crippen LogP contribution < -0.4 is 10.5 Å². The highest BCUT2D eigenvalue weighted by Crippen LogP contribution is 2.24. The first-order valence-corrected chi connectivity index (χ1v) is 6.95. The van der Waals surface area contributed by atoms with Crippen LogP contribution >= 0.6 is 15.9 Å². The summed E-state index contributed by atoms with van der Waals surface area (Å²) in [6.07, 6.45) is 1.88. The Morgan fingerprint density at radius 3 is 2.89 bits per heavy atom. The molecule has 2 aromatic rings. The fraction of sp³-hybridized carbons (Fsp3) is 0.385. The quantitative estimate of drug-likeness (QED) is 0.918. The van der Waals surface area contributed by atoms with Crippen LogP contribution in [0.15, 0.2) is 22.7 Å². The monoisotopic (exact) mass is 324 g/mol. The number of nitrogens with two attached hydrogens (primary N) is 1. The second-order valence-electron chi connectivity index (χ2n) is 4.29. The first-order valence-electron chi connectivity index (χ1n) is 6.16. The van der Waals surface area contributed by atoms with E-state index in [2.05, 4.69) is 33.2 Å². The van der Waals surface area contributed by atoms with Gasteiger partial charge in [-0.05, 0) is 24.6 Å². The fourth-order valence-electron chi connectivity index (χ4n) is 2.00. The Morgan fingerprint density at radius 1 is 1.42 bits per heavy atom. The Bertz CT molecular complexity index is 568. The van der Waals surface area contributed by atoms with Crippen LogP contribution in [-0.2, 0) is 13.0 Å². The molecule has 6 heteroatoms. The van der Waals surface area contributed by atoms with Crippen LogP contribution in [0, 0.1) is 0 Å². The summed E-state index contributed by atoms with van der Waals surface area (Å²) in [5.41, 5.74) is 7.86. The molecule has 2 N–H and O–H groups in total. The van der Waals surface area contributed by atoms with Gasteiger partial charge in [-0.25, -0.2) is 4.68 Å². The molecule has 1 heterocycles. The highest BCUT2D eigenvalue weighted by atomic mass is 79.9. The number of rotatable bonds is 5. The topological polar surface area (TPSA) is 66.0 Å². The number of hydrogen-bond donors (Lipinski definition) is 1. The first-order chi connectivity index (χ1) is 9.15. The van der Waals surface area contributed by atoms with E-state index in [1.165, 1.54) is 0 Å². The van der Waals surface area contributed by atoms with Gasteiger partial charge in [0.1, 0.15) is 5.75 Å². The molecule has 1 aromatic carbocycles. The van der Waals surface area contributed by atoms with Crippen LogP contribution in [-0.4, -0.2) is 22.1 Å². The molecule has 102 valence electrons. The Balaban J connectivity index is 2.33. The first kappa shape index (κ1) is 13.9. The van der Waals surface area contributed by atoms with Gasteiger partial charge in [-0.15, -0.1) is 5.10 Å². The molecule has 0 unspecified atom stereocenters. The van der Waals surface area contributed by atoms with E-state index in [0.29, 0.717) is 12.4 Å². The molecule has 0 fully saturated rings. The summed E-state index contributed by atoms with van der Waals surface area (Å²) in [7, 11) is 1.66. The van der Waals surface area contributed by atoms with Crippen LogP contribution in [0.5, 0.6) is 5.75 Å². The van der Waals surface area contributed by atoms with Gasteiger partial charge in [0.05, 0.1) is 19.3 Å². The Labute approximate surface area is 120 Å². The van der Waals surface area contributed by atoms with E-state index in [-0.39, 0.29) is 0 Å². The van der Waals surface area contributed by atoms with Gasteiger partial charge in [0.15, 0.2) is 5.82 Å². The molecular formula is C13H17BrN4O. The highest BCUT2D eigenvalue weighted by Gasteiger charge is 2.12. The number of ether oxygens (including phenoxy) is 1.